The minimum Gasteiger partial charge on any atom is -0.503 e. The van der Waals surface area contributed by atoms with Crippen LogP contribution in [0.3, 0.4) is 0 Å². The Morgan fingerprint density at radius 2 is 2.06 bits per heavy atom. The van der Waals surface area contributed by atoms with Gasteiger partial charge in [0, 0.05) is 13.1 Å². The third-order valence-corrected chi connectivity index (χ3v) is 7.01. The lowest BCUT2D eigenvalue weighted by molar-refractivity contribution is -0.129. The second kappa shape index (κ2) is 8.48. The van der Waals surface area contributed by atoms with Crippen molar-refractivity contribution in [1.29, 1.82) is 0 Å². The maximum absolute atomic E-state index is 13.4. The molecule has 4 heterocycles. The van der Waals surface area contributed by atoms with Crippen molar-refractivity contribution in [2.75, 3.05) is 40.1 Å². The number of Topliss-reactive ketones (excluding diaryl/α,β-unsaturated/α-hetero) is 1. The van der Waals surface area contributed by atoms with Gasteiger partial charge in [0.1, 0.15) is 0 Å². The Kier molecular flexibility index (Phi) is 5.52. The Bertz CT molecular complexity index is 1070. The van der Waals surface area contributed by atoms with Crippen molar-refractivity contribution in [3.63, 3.8) is 0 Å². The SMILES string of the molecule is COc1cc([C@@H]2C(C(=O)c3cccs3)=C(O)C(=O)N2CCN2CCCC2)cc2c1OCO2. The molecule has 8 nitrogen and oxygen atoms in total. The van der Waals surface area contributed by atoms with Crippen LogP contribution in [-0.4, -0.2) is 66.7 Å². The van der Waals surface area contributed by atoms with Crippen LogP contribution < -0.4 is 14.2 Å². The normalized spacial score (nSPS) is 20.5. The molecule has 1 aromatic heterocycles. The molecule has 1 aromatic carbocycles. The van der Waals surface area contributed by atoms with E-state index in [0.717, 1.165) is 25.9 Å². The monoisotopic (exact) mass is 456 g/mol. The van der Waals surface area contributed by atoms with Crippen molar-refractivity contribution < 1.29 is 28.9 Å². The van der Waals surface area contributed by atoms with Crippen LogP contribution in [0.15, 0.2) is 41.0 Å². The molecule has 0 bridgehead atoms. The van der Waals surface area contributed by atoms with Crippen LogP contribution in [0.1, 0.15) is 34.1 Å². The molecular weight excluding hydrogens is 432 g/mol. The number of hydrogen-bond acceptors (Lipinski definition) is 8. The van der Waals surface area contributed by atoms with E-state index in [9.17, 15) is 14.7 Å². The highest BCUT2D eigenvalue weighted by molar-refractivity contribution is 7.12. The number of nitrogens with zero attached hydrogens (tertiary/aromatic N) is 2. The number of hydrogen-bond donors (Lipinski definition) is 1. The van der Waals surface area contributed by atoms with Gasteiger partial charge in [0.05, 0.1) is 23.6 Å². The average Bonchev–Trinajstić information content (AvgIpc) is 3.60. The molecule has 1 saturated heterocycles. The van der Waals surface area contributed by atoms with Crippen molar-refractivity contribution in [2.24, 2.45) is 0 Å². The number of carbonyl (C=O) groups excluding carboxylic acids is 2. The van der Waals surface area contributed by atoms with Crippen molar-refractivity contribution in [3.8, 4) is 17.2 Å². The van der Waals surface area contributed by atoms with Gasteiger partial charge in [-0.3, -0.25) is 9.59 Å². The summed E-state index contributed by atoms with van der Waals surface area (Å²) in [7, 11) is 1.52. The largest absolute Gasteiger partial charge is 0.503 e. The molecule has 1 amide bonds. The van der Waals surface area contributed by atoms with E-state index in [0.29, 0.717) is 40.8 Å². The number of likely N-dealkylation sites (tertiary alicyclic amines) is 1. The number of benzene rings is 1. The lowest BCUT2D eigenvalue weighted by Gasteiger charge is -2.29. The number of amides is 1. The Labute approximate surface area is 189 Å². The summed E-state index contributed by atoms with van der Waals surface area (Å²) in [5.41, 5.74) is 0.713. The highest BCUT2D eigenvalue weighted by atomic mass is 32.1. The van der Waals surface area contributed by atoms with Gasteiger partial charge in [0.2, 0.25) is 18.3 Å². The molecule has 3 aliphatic rings. The first kappa shape index (κ1) is 20.8. The van der Waals surface area contributed by atoms with Crippen molar-refractivity contribution in [2.45, 2.75) is 18.9 Å². The lowest BCUT2D eigenvalue weighted by Crippen LogP contribution is -2.37. The number of aliphatic hydroxyl groups excluding tert-OH is 1. The zero-order valence-corrected chi connectivity index (χ0v) is 18.5. The number of methoxy groups -OCH3 is 1. The maximum Gasteiger partial charge on any atom is 0.290 e. The molecule has 9 heteroatoms. The molecule has 0 saturated carbocycles. The summed E-state index contributed by atoms with van der Waals surface area (Å²) < 4.78 is 16.5. The van der Waals surface area contributed by atoms with Crippen LogP contribution in [0.4, 0.5) is 0 Å². The summed E-state index contributed by atoms with van der Waals surface area (Å²) in [6, 6.07) is 6.22. The molecule has 0 aliphatic carbocycles. The van der Waals surface area contributed by atoms with E-state index in [-0.39, 0.29) is 18.1 Å². The quantitative estimate of drug-likeness (QED) is 0.640. The highest BCUT2D eigenvalue weighted by Crippen LogP contribution is 2.47. The Hall–Kier alpha value is -3.04. The minimum atomic E-state index is -0.747. The first-order chi connectivity index (χ1) is 15.6. The van der Waals surface area contributed by atoms with Crippen LogP contribution in [0.25, 0.3) is 0 Å². The Morgan fingerprint density at radius 3 is 2.78 bits per heavy atom. The summed E-state index contributed by atoms with van der Waals surface area (Å²) in [4.78, 5) is 30.8. The summed E-state index contributed by atoms with van der Waals surface area (Å²) in [5.74, 6) is 0.0498. The fourth-order valence-electron chi connectivity index (χ4n) is 4.57. The lowest BCUT2D eigenvalue weighted by atomic mass is 9.94. The Balaban J connectivity index is 1.56. The van der Waals surface area contributed by atoms with Crippen LogP contribution >= 0.6 is 11.3 Å². The summed E-state index contributed by atoms with van der Waals surface area (Å²) in [6.45, 7) is 3.12. The van der Waals surface area contributed by atoms with Crippen LogP contribution in [0, 0.1) is 0 Å². The standard InChI is InChI=1S/C23H24N2O6S/c1-29-15-11-14(12-16-22(15)31-13-30-16)19-18(20(26)17-5-4-10-32-17)21(27)23(28)25(19)9-8-24-6-2-3-7-24/h4-5,10-12,19,27H,2-3,6-9,13H2,1H3/t19-/m1/s1. The number of aliphatic hydroxyl groups is 1. The van der Waals surface area contributed by atoms with Crippen LogP contribution in [-0.2, 0) is 4.79 Å². The first-order valence-corrected chi connectivity index (χ1v) is 11.5. The molecule has 3 aliphatic heterocycles. The molecule has 0 radical (unpaired) electrons. The van der Waals surface area contributed by atoms with Gasteiger partial charge in [-0.15, -0.1) is 11.3 Å². The van der Waals surface area contributed by atoms with E-state index >= 15 is 0 Å². The molecule has 168 valence electrons. The predicted molar refractivity (Wildman–Crippen MR) is 118 cm³/mol. The number of thiophene rings is 1. The van der Waals surface area contributed by atoms with E-state index < -0.39 is 17.7 Å². The second-order valence-corrected chi connectivity index (χ2v) is 8.92. The van der Waals surface area contributed by atoms with Gasteiger partial charge in [0.15, 0.2) is 17.3 Å². The zero-order chi connectivity index (χ0) is 22.2. The molecule has 0 unspecified atom stereocenters. The Morgan fingerprint density at radius 1 is 1.25 bits per heavy atom. The van der Waals surface area contributed by atoms with Gasteiger partial charge >= 0.3 is 0 Å². The van der Waals surface area contributed by atoms with Gasteiger partial charge in [-0.2, -0.15) is 0 Å². The molecular formula is C23H24N2O6S. The number of carbonyl (C=O) groups is 2. The number of rotatable bonds is 7. The summed E-state index contributed by atoms with van der Waals surface area (Å²) in [5, 5.41) is 12.6. The molecule has 5 rings (SSSR count). The summed E-state index contributed by atoms with van der Waals surface area (Å²) in [6.07, 6.45) is 2.28. The smallest absolute Gasteiger partial charge is 0.290 e. The molecule has 2 aromatic rings. The van der Waals surface area contributed by atoms with Crippen molar-refractivity contribution in [3.05, 3.63) is 51.4 Å². The van der Waals surface area contributed by atoms with Gasteiger partial charge in [-0.1, -0.05) is 6.07 Å². The van der Waals surface area contributed by atoms with Gasteiger partial charge < -0.3 is 29.1 Å². The molecule has 1 N–H and O–H groups in total. The number of fused-ring (bicyclic) bond motifs is 1. The van der Waals surface area contributed by atoms with E-state index in [2.05, 4.69) is 4.90 Å². The van der Waals surface area contributed by atoms with E-state index in [1.807, 2.05) is 0 Å². The average molecular weight is 457 g/mol. The van der Waals surface area contributed by atoms with Crippen LogP contribution in [0.2, 0.25) is 0 Å². The summed E-state index contributed by atoms with van der Waals surface area (Å²) >= 11 is 1.28. The number of ether oxygens (including phenoxy) is 3. The molecule has 1 atom stereocenters. The fraction of sp³-hybridized carbons (Fsp3) is 0.391. The zero-order valence-electron chi connectivity index (χ0n) is 17.7. The highest BCUT2D eigenvalue weighted by Gasteiger charge is 2.44. The topological polar surface area (TPSA) is 88.5 Å². The van der Waals surface area contributed by atoms with Gasteiger partial charge in [-0.25, -0.2) is 0 Å². The van der Waals surface area contributed by atoms with Crippen molar-refractivity contribution >= 4 is 23.0 Å². The third kappa shape index (κ3) is 3.51. The molecule has 1 fully saturated rings. The predicted octanol–water partition coefficient (Wildman–Crippen LogP) is 3.16. The van der Waals surface area contributed by atoms with Gasteiger partial charge in [-0.05, 0) is 55.1 Å². The molecule has 32 heavy (non-hydrogen) atoms. The minimum absolute atomic E-state index is 0.0689. The first-order valence-electron chi connectivity index (χ1n) is 10.6. The van der Waals surface area contributed by atoms with E-state index in [1.165, 1.54) is 18.4 Å². The third-order valence-electron chi connectivity index (χ3n) is 6.15. The van der Waals surface area contributed by atoms with Gasteiger partial charge in [0.25, 0.3) is 5.91 Å². The fourth-order valence-corrected chi connectivity index (χ4v) is 5.24. The molecule has 0 spiro atoms. The van der Waals surface area contributed by atoms with Crippen molar-refractivity contribution in [1.82, 2.24) is 9.80 Å². The van der Waals surface area contributed by atoms with E-state index in [1.54, 1.807) is 34.5 Å². The maximum atomic E-state index is 13.4. The van der Waals surface area contributed by atoms with E-state index in [4.69, 9.17) is 14.2 Å². The number of ketones is 1. The van der Waals surface area contributed by atoms with Crippen LogP contribution in [0.5, 0.6) is 17.2 Å². The second-order valence-electron chi connectivity index (χ2n) is 7.98.